The summed E-state index contributed by atoms with van der Waals surface area (Å²) in [6.45, 7) is 2.49. The second kappa shape index (κ2) is 5.21. The van der Waals surface area contributed by atoms with Gasteiger partial charge in [0.2, 0.25) is 0 Å². The number of hydrogen-bond donors (Lipinski definition) is 1. The Morgan fingerprint density at radius 1 is 1.05 bits per heavy atom. The molecule has 3 aromatic rings. The Morgan fingerprint density at radius 3 is 2.65 bits per heavy atom. The molecule has 0 atom stereocenters. The van der Waals surface area contributed by atoms with E-state index in [4.69, 9.17) is 4.42 Å². The first kappa shape index (κ1) is 12.5. The molecule has 1 aromatic heterocycles. The maximum Gasteiger partial charge on any atom is 0.197 e. The third-order valence-corrected chi connectivity index (χ3v) is 3.37. The Bertz CT molecular complexity index is 805. The number of fused-ring (bicyclic) bond motifs is 1. The average Bonchev–Trinajstić information content (AvgIpc) is 2.48. The minimum atomic E-state index is 0.0212. The fraction of sp³-hybridized carbons (Fsp3) is 0.118. The Morgan fingerprint density at radius 2 is 1.80 bits per heavy atom. The second-order valence-electron chi connectivity index (χ2n) is 4.75. The molecule has 0 saturated heterocycles. The summed E-state index contributed by atoms with van der Waals surface area (Å²) in [6, 6.07) is 15.3. The van der Waals surface area contributed by atoms with Crippen molar-refractivity contribution in [2.75, 3.05) is 5.32 Å². The van der Waals surface area contributed by atoms with E-state index >= 15 is 0 Å². The van der Waals surface area contributed by atoms with Crippen LogP contribution in [0.2, 0.25) is 0 Å². The highest BCUT2D eigenvalue weighted by Crippen LogP contribution is 2.15. The third kappa shape index (κ3) is 2.30. The van der Waals surface area contributed by atoms with Gasteiger partial charge in [-0.15, -0.1) is 0 Å². The van der Waals surface area contributed by atoms with Gasteiger partial charge in [-0.3, -0.25) is 4.79 Å². The van der Waals surface area contributed by atoms with Crippen molar-refractivity contribution in [1.29, 1.82) is 0 Å². The zero-order chi connectivity index (χ0) is 13.9. The summed E-state index contributed by atoms with van der Waals surface area (Å²) >= 11 is 0. The van der Waals surface area contributed by atoms with E-state index in [1.54, 1.807) is 12.1 Å². The largest absolute Gasteiger partial charge is 0.464 e. The molecule has 0 aliphatic heterocycles. The predicted molar refractivity (Wildman–Crippen MR) is 81.0 cm³/mol. The Balaban J connectivity index is 1.90. The summed E-state index contributed by atoms with van der Waals surface area (Å²) in [6.07, 6.45) is 1.54. The van der Waals surface area contributed by atoms with E-state index in [2.05, 4.69) is 5.32 Å². The highest BCUT2D eigenvalue weighted by molar-refractivity contribution is 5.76. The summed E-state index contributed by atoms with van der Waals surface area (Å²) in [7, 11) is 0. The van der Waals surface area contributed by atoms with Crippen LogP contribution in [0, 0.1) is 6.92 Å². The summed E-state index contributed by atoms with van der Waals surface area (Å²) < 4.78 is 5.50. The van der Waals surface area contributed by atoms with Crippen molar-refractivity contribution in [1.82, 2.24) is 0 Å². The van der Waals surface area contributed by atoms with Gasteiger partial charge in [0.1, 0.15) is 5.58 Å². The normalized spacial score (nSPS) is 10.7. The Hall–Kier alpha value is -2.55. The molecule has 0 radical (unpaired) electrons. The number of benzene rings is 2. The van der Waals surface area contributed by atoms with Crippen LogP contribution in [0.15, 0.2) is 64.0 Å². The number of hydrogen-bond acceptors (Lipinski definition) is 3. The lowest BCUT2D eigenvalue weighted by Crippen LogP contribution is -2.13. The van der Waals surface area contributed by atoms with E-state index in [1.165, 1.54) is 6.26 Å². The number of anilines is 1. The van der Waals surface area contributed by atoms with Gasteiger partial charge in [0.15, 0.2) is 5.43 Å². The quantitative estimate of drug-likeness (QED) is 0.785. The topological polar surface area (TPSA) is 42.2 Å². The lowest BCUT2D eigenvalue weighted by atomic mass is 10.1. The molecular formula is C17H15NO2. The fourth-order valence-corrected chi connectivity index (χ4v) is 2.20. The molecule has 2 aromatic carbocycles. The lowest BCUT2D eigenvalue weighted by molar-refractivity contribution is 0.594. The first-order valence-electron chi connectivity index (χ1n) is 6.54. The van der Waals surface area contributed by atoms with Crippen molar-refractivity contribution >= 4 is 16.7 Å². The maximum absolute atomic E-state index is 12.3. The van der Waals surface area contributed by atoms with Crippen LogP contribution in [0.1, 0.15) is 11.1 Å². The van der Waals surface area contributed by atoms with Crippen LogP contribution in [0.4, 0.5) is 5.69 Å². The van der Waals surface area contributed by atoms with Crippen LogP contribution >= 0.6 is 0 Å². The van der Waals surface area contributed by atoms with Gasteiger partial charge >= 0.3 is 0 Å². The van der Waals surface area contributed by atoms with Crippen LogP contribution in [-0.2, 0) is 6.54 Å². The number of aryl methyl sites for hydroxylation is 1. The molecule has 100 valence electrons. The summed E-state index contributed by atoms with van der Waals surface area (Å²) in [5, 5.41) is 3.90. The Kier molecular flexibility index (Phi) is 3.25. The van der Waals surface area contributed by atoms with E-state index in [0.717, 1.165) is 11.3 Å². The van der Waals surface area contributed by atoms with E-state index < -0.39 is 0 Å². The van der Waals surface area contributed by atoms with Crippen LogP contribution in [-0.4, -0.2) is 0 Å². The van der Waals surface area contributed by atoms with Crippen LogP contribution in [0.3, 0.4) is 0 Å². The zero-order valence-electron chi connectivity index (χ0n) is 11.2. The van der Waals surface area contributed by atoms with Gasteiger partial charge in [0, 0.05) is 12.2 Å². The van der Waals surface area contributed by atoms with Crippen LogP contribution in [0.25, 0.3) is 11.0 Å². The number of nitrogens with one attached hydrogen (secondary N) is 1. The van der Waals surface area contributed by atoms with E-state index in [-0.39, 0.29) is 5.43 Å². The molecule has 0 fully saturated rings. The van der Waals surface area contributed by atoms with Crippen molar-refractivity contribution in [3.05, 3.63) is 76.1 Å². The van der Waals surface area contributed by atoms with Gasteiger partial charge in [-0.1, -0.05) is 30.3 Å². The van der Waals surface area contributed by atoms with Gasteiger partial charge in [0.05, 0.1) is 17.2 Å². The zero-order valence-corrected chi connectivity index (χ0v) is 11.2. The predicted octanol–water partition coefficient (Wildman–Crippen LogP) is 3.71. The molecule has 0 unspecified atom stereocenters. The molecule has 1 heterocycles. The monoisotopic (exact) mass is 265 g/mol. The van der Waals surface area contributed by atoms with E-state index in [1.807, 2.05) is 43.3 Å². The van der Waals surface area contributed by atoms with Crippen molar-refractivity contribution < 1.29 is 4.42 Å². The molecule has 0 amide bonds. The molecule has 3 rings (SSSR count). The van der Waals surface area contributed by atoms with Crippen LogP contribution in [0.5, 0.6) is 0 Å². The van der Waals surface area contributed by atoms with E-state index in [0.29, 0.717) is 23.1 Å². The highest BCUT2D eigenvalue weighted by atomic mass is 16.3. The molecule has 0 aliphatic carbocycles. The van der Waals surface area contributed by atoms with Gasteiger partial charge in [-0.2, -0.15) is 0 Å². The fourth-order valence-electron chi connectivity index (χ4n) is 2.20. The molecule has 3 nitrogen and oxygen atoms in total. The molecule has 20 heavy (non-hydrogen) atoms. The Labute approximate surface area is 116 Å². The maximum atomic E-state index is 12.3. The van der Waals surface area contributed by atoms with Gasteiger partial charge < -0.3 is 9.73 Å². The highest BCUT2D eigenvalue weighted by Gasteiger charge is 2.06. The van der Waals surface area contributed by atoms with E-state index in [9.17, 15) is 4.79 Å². The van der Waals surface area contributed by atoms with Gasteiger partial charge in [-0.25, -0.2) is 0 Å². The third-order valence-electron chi connectivity index (χ3n) is 3.37. The number of rotatable bonds is 3. The second-order valence-corrected chi connectivity index (χ2v) is 4.75. The molecule has 0 spiro atoms. The molecule has 1 N–H and O–H groups in total. The van der Waals surface area contributed by atoms with Crippen molar-refractivity contribution in [2.24, 2.45) is 0 Å². The van der Waals surface area contributed by atoms with Crippen molar-refractivity contribution in [3.63, 3.8) is 0 Å². The smallest absolute Gasteiger partial charge is 0.197 e. The molecule has 0 bridgehead atoms. The average molecular weight is 265 g/mol. The minimum Gasteiger partial charge on any atom is -0.464 e. The molecule has 0 aliphatic rings. The lowest BCUT2D eigenvalue weighted by Gasteiger charge is -2.09. The summed E-state index contributed by atoms with van der Waals surface area (Å²) in [5.74, 6) is 0. The minimum absolute atomic E-state index is 0.0212. The summed E-state index contributed by atoms with van der Waals surface area (Å²) in [5.41, 5.74) is 3.45. The van der Waals surface area contributed by atoms with Crippen molar-refractivity contribution in [2.45, 2.75) is 13.5 Å². The number of para-hydroxylation sites is 2. The first-order valence-corrected chi connectivity index (χ1v) is 6.54. The first-order chi connectivity index (χ1) is 9.75. The van der Waals surface area contributed by atoms with Gasteiger partial charge in [0.25, 0.3) is 0 Å². The molecule has 3 heteroatoms. The summed E-state index contributed by atoms with van der Waals surface area (Å²) in [4.78, 5) is 12.3. The van der Waals surface area contributed by atoms with Crippen LogP contribution < -0.4 is 10.7 Å². The SMILES string of the molecule is Cc1ccccc1NCc1coc2ccccc2c1=O. The standard InChI is InChI=1S/C17H15NO2/c1-12-6-2-4-8-15(12)18-10-13-11-20-16-9-5-3-7-14(16)17(13)19/h2-9,11,18H,10H2,1H3. The van der Waals surface area contributed by atoms with Crippen molar-refractivity contribution in [3.8, 4) is 0 Å². The molecular weight excluding hydrogens is 250 g/mol. The molecule has 0 saturated carbocycles. The van der Waals surface area contributed by atoms with Gasteiger partial charge in [-0.05, 0) is 30.7 Å².